The van der Waals surface area contributed by atoms with Crippen LogP contribution in [0.25, 0.3) is 0 Å². The topological polar surface area (TPSA) is 80.0 Å². The zero-order valence-corrected chi connectivity index (χ0v) is 11.8. The number of rotatable bonds is 6. The second-order valence-electron chi connectivity index (χ2n) is 4.41. The van der Waals surface area contributed by atoms with Gasteiger partial charge in [-0.05, 0) is 31.0 Å². The molecule has 0 saturated carbocycles. The second kappa shape index (κ2) is 7.14. The van der Waals surface area contributed by atoms with E-state index in [4.69, 9.17) is 16.7 Å². The summed E-state index contributed by atoms with van der Waals surface area (Å²) in [6.07, 6.45) is 2.79. The normalized spacial score (nSPS) is 10.6. The molecule has 0 spiro atoms. The number of hydrogen-bond donors (Lipinski definition) is 2. The third-order valence-electron chi connectivity index (χ3n) is 2.69. The summed E-state index contributed by atoms with van der Waals surface area (Å²) in [7, 11) is 0. The zero-order valence-electron chi connectivity index (χ0n) is 11.1. The summed E-state index contributed by atoms with van der Waals surface area (Å²) < 4.78 is 14.9. The van der Waals surface area contributed by atoms with Crippen molar-refractivity contribution in [1.29, 1.82) is 0 Å². The summed E-state index contributed by atoms with van der Waals surface area (Å²) in [4.78, 5) is 11.8. The number of amides is 1. The van der Waals surface area contributed by atoms with Crippen LogP contribution in [0.1, 0.15) is 12.1 Å². The van der Waals surface area contributed by atoms with Gasteiger partial charge in [0.05, 0.1) is 11.4 Å². The number of nitrogens with zero attached hydrogens (tertiary/aromatic N) is 3. The summed E-state index contributed by atoms with van der Waals surface area (Å²) in [6.45, 7) is -0.00260. The Morgan fingerprint density at radius 1 is 1.48 bits per heavy atom. The van der Waals surface area contributed by atoms with E-state index >= 15 is 0 Å². The Balaban J connectivity index is 1.93. The van der Waals surface area contributed by atoms with Crippen LogP contribution < -0.4 is 5.32 Å². The Hall–Kier alpha value is -1.99. The number of anilines is 1. The van der Waals surface area contributed by atoms with Crippen LogP contribution in [0.2, 0.25) is 5.02 Å². The van der Waals surface area contributed by atoms with Crippen molar-refractivity contribution in [3.63, 3.8) is 0 Å². The first-order chi connectivity index (χ1) is 10.1. The van der Waals surface area contributed by atoms with Crippen molar-refractivity contribution in [3.05, 3.63) is 40.9 Å². The van der Waals surface area contributed by atoms with Crippen molar-refractivity contribution in [2.75, 3.05) is 11.9 Å². The van der Waals surface area contributed by atoms with Gasteiger partial charge in [0.1, 0.15) is 12.4 Å². The van der Waals surface area contributed by atoms with Gasteiger partial charge in [0.2, 0.25) is 5.91 Å². The van der Waals surface area contributed by atoms with E-state index in [0.717, 1.165) is 6.07 Å². The average Bonchev–Trinajstić information content (AvgIpc) is 2.87. The predicted octanol–water partition coefficient (Wildman–Crippen LogP) is 1.63. The van der Waals surface area contributed by atoms with Crippen LogP contribution in [0.15, 0.2) is 24.4 Å². The van der Waals surface area contributed by atoms with Gasteiger partial charge in [-0.25, -0.2) is 9.07 Å². The SMILES string of the molecule is O=C(Cn1cc(CCCO)nn1)Nc1ccc(Cl)cc1F. The number of carbonyl (C=O) groups is 1. The number of hydrogen-bond acceptors (Lipinski definition) is 4. The molecule has 1 heterocycles. The molecule has 2 aromatic rings. The van der Waals surface area contributed by atoms with E-state index in [9.17, 15) is 9.18 Å². The highest BCUT2D eigenvalue weighted by molar-refractivity contribution is 6.30. The minimum atomic E-state index is -0.599. The highest BCUT2D eigenvalue weighted by atomic mass is 35.5. The van der Waals surface area contributed by atoms with Gasteiger partial charge in [0.25, 0.3) is 0 Å². The molecule has 0 aliphatic carbocycles. The number of aromatic nitrogens is 3. The van der Waals surface area contributed by atoms with Crippen LogP contribution >= 0.6 is 11.6 Å². The minimum Gasteiger partial charge on any atom is -0.396 e. The van der Waals surface area contributed by atoms with E-state index < -0.39 is 11.7 Å². The molecule has 0 fully saturated rings. The molecule has 0 aliphatic heterocycles. The van der Waals surface area contributed by atoms with E-state index in [0.29, 0.717) is 18.5 Å². The molecular weight excluding hydrogens is 299 g/mol. The van der Waals surface area contributed by atoms with Crippen molar-refractivity contribution < 1.29 is 14.3 Å². The van der Waals surface area contributed by atoms with E-state index in [-0.39, 0.29) is 23.9 Å². The van der Waals surface area contributed by atoms with Gasteiger partial charge in [-0.2, -0.15) is 0 Å². The number of aliphatic hydroxyl groups is 1. The molecule has 0 aliphatic rings. The smallest absolute Gasteiger partial charge is 0.246 e. The lowest BCUT2D eigenvalue weighted by atomic mass is 10.3. The standard InChI is InChI=1S/C13H14ClFN4O2/c14-9-3-4-12(11(15)6-9)16-13(21)8-19-7-10(17-18-19)2-1-5-20/h3-4,6-7,20H,1-2,5,8H2,(H,16,21). The van der Waals surface area contributed by atoms with E-state index in [1.165, 1.54) is 16.8 Å². The number of aryl methyl sites for hydroxylation is 1. The van der Waals surface area contributed by atoms with E-state index in [1.807, 2.05) is 0 Å². The van der Waals surface area contributed by atoms with Gasteiger partial charge < -0.3 is 10.4 Å². The predicted molar refractivity (Wildman–Crippen MR) is 75.5 cm³/mol. The summed E-state index contributed by atoms with van der Waals surface area (Å²) in [6, 6.07) is 4.01. The first-order valence-corrected chi connectivity index (χ1v) is 6.71. The Morgan fingerprint density at radius 2 is 2.29 bits per heavy atom. The molecule has 1 aromatic carbocycles. The Labute approximate surface area is 125 Å². The minimum absolute atomic E-state index is 0.0602. The molecular formula is C13H14ClFN4O2. The van der Waals surface area contributed by atoms with Crippen molar-refractivity contribution in [1.82, 2.24) is 15.0 Å². The molecule has 0 bridgehead atoms. The van der Waals surface area contributed by atoms with E-state index in [2.05, 4.69) is 15.6 Å². The highest BCUT2D eigenvalue weighted by Crippen LogP contribution is 2.18. The summed E-state index contributed by atoms with van der Waals surface area (Å²) in [5, 5.41) is 19.1. The van der Waals surface area contributed by atoms with Crippen LogP contribution in [0.3, 0.4) is 0 Å². The summed E-state index contributed by atoms with van der Waals surface area (Å²) in [5.41, 5.74) is 0.750. The number of halogens is 2. The molecule has 0 radical (unpaired) electrons. The van der Waals surface area contributed by atoms with Crippen LogP contribution in [-0.4, -0.2) is 32.6 Å². The van der Waals surface area contributed by atoms with Crippen molar-refractivity contribution >= 4 is 23.2 Å². The van der Waals surface area contributed by atoms with Gasteiger partial charge in [0, 0.05) is 17.8 Å². The first-order valence-electron chi connectivity index (χ1n) is 6.33. The molecule has 2 N–H and O–H groups in total. The lowest BCUT2D eigenvalue weighted by molar-refractivity contribution is -0.116. The third kappa shape index (κ3) is 4.51. The molecule has 112 valence electrons. The molecule has 21 heavy (non-hydrogen) atoms. The number of aliphatic hydroxyl groups excluding tert-OH is 1. The monoisotopic (exact) mass is 312 g/mol. The van der Waals surface area contributed by atoms with Crippen LogP contribution in [0, 0.1) is 5.82 Å². The molecule has 6 nitrogen and oxygen atoms in total. The maximum atomic E-state index is 13.5. The number of benzene rings is 1. The molecule has 0 atom stereocenters. The maximum absolute atomic E-state index is 13.5. The lowest BCUT2D eigenvalue weighted by Gasteiger charge is -2.06. The van der Waals surface area contributed by atoms with Crippen molar-refractivity contribution in [3.8, 4) is 0 Å². The van der Waals surface area contributed by atoms with Gasteiger partial charge in [-0.15, -0.1) is 5.10 Å². The molecule has 2 rings (SSSR count). The van der Waals surface area contributed by atoms with Crippen molar-refractivity contribution in [2.24, 2.45) is 0 Å². The van der Waals surface area contributed by atoms with Gasteiger partial charge in [0.15, 0.2) is 0 Å². The average molecular weight is 313 g/mol. The largest absolute Gasteiger partial charge is 0.396 e. The second-order valence-corrected chi connectivity index (χ2v) is 4.84. The Morgan fingerprint density at radius 3 is 3.00 bits per heavy atom. The molecule has 0 saturated heterocycles. The molecule has 1 aromatic heterocycles. The Bertz CT molecular complexity index is 632. The van der Waals surface area contributed by atoms with Crippen LogP contribution in [-0.2, 0) is 17.8 Å². The first kappa shape index (κ1) is 15.4. The maximum Gasteiger partial charge on any atom is 0.246 e. The number of nitrogens with one attached hydrogen (secondary N) is 1. The lowest BCUT2D eigenvalue weighted by Crippen LogP contribution is -2.19. The zero-order chi connectivity index (χ0) is 15.2. The number of carbonyl (C=O) groups excluding carboxylic acids is 1. The third-order valence-corrected chi connectivity index (χ3v) is 2.92. The fraction of sp³-hybridized carbons (Fsp3) is 0.308. The highest BCUT2D eigenvalue weighted by Gasteiger charge is 2.09. The summed E-state index contributed by atoms with van der Waals surface area (Å²) in [5.74, 6) is -1.02. The fourth-order valence-corrected chi connectivity index (χ4v) is 1.88. The fourth-order valence-electron chi connectivity index (χ4n) is 1.72. The Kier molecular flexibility index (Phi) is 5.24. The summed E-state index contributed by atoms with van der Waals surface area (Å²) >= 11 is 5.63. The van der Waals surface area contributed by atoms with Crippen molar-refractivity contribution in [2.45, 2.75) is 19.4 Å². The molecule has 8 heteroatoms. The van der Waals surface area contributed by atoms with Gasteiger partial charge >= 0.3 is 0 Å². The van der Waals surface area contributed by atoms with Crippen LogP contribution in [0.5, 0.6) is 0 Å². The quantitative estimate of drug-likeness (QED) is 0.849. The van der Waals surface area contributed by atoms with Crippen LogP contribution in [0.4, 0.5) is 10.1 Å². The van der Waals surface area contributed by atoms with Gasteiger partial charge in [-0.1, -0.05) is 16.8 Å². The van der Waals surface area contributed by atoms with Gasteiger partial charge in [-0.3, -0.25) is 4.79 Å². The molecule has 1 amide bonds. The van der Waals surface area contributed by atoms with E-state index in [1.54, 1.807) is 6.20 Å². The molecule has 0 unspecified atom stereocenters.